The second kappa shape index (κ2) is 3.15. The third kappa shape index (κ3) is 1.84. The summed E-state index contributed by atoms with van der Waals surface area (Å²) in [6, 6.07) is 0.235. The Morgan fingerprint density at radius 2 is 2.50 bits per heavy atom. The Labute approximate surface area is 76.8 Å². The minimum Gasteiger partial charge on any atom is -0.328 e. The lowest BCUT2D eigenvalue weighted by molar-refractivity contribution is 0.723. The molecule has 1 aromatic heterocycles. The van der Waals surface area contributed by atoms with E-state index in [4.69, 9.17) is 5.73 Å². The van der Waals surface area contributed by atoms with Crippen LogP contribution in [0.2, 0.25) is 0 Å². The van der Waals surface area contributed by atoms with Crippen molar-refractivity contribution in [1.29, 1.82) is 0 Å². The van der Waals surface area contributed by atoms with E-state index in [2.05, 4.69) is 10.4 Å². The Kier molecular flexibility index (Phi) is 2.15. The Hall–Kier alpha value is -0.410. The van der Waals surface area contributed by atoms with Crippen molar-refractivity contribution in [2.24, 2.45) is 5.73 Å². The summed E-state index contributed by atoms with van der Waals surface area (Å²) < 4.78 is 0. The highest BCUT2D eigenvalue weighted by molar-refractivity contribution is 7.09. The van der Waals surface area contributed by atoms with E-state index in [1.165, 1.54) is 23.5 Å². The number of nitrogens with zero attached hydrogens (tertiary/aromatic N) is 1. The topological polar surface area (TPSA) is 38.9 Å². The molecule has 1 saturated carbocycles. The maximum absolute atomic E-state index is 5.69. The van der Waals surface area contributed by atoms with Crippen LogP contribution in [0.5, 0.6) is 0 Å². The predicted octanol–water partition coefficient (Wildman–Crippen LogP) is 1.91. The molecule has 2 nitrogen and oxygen atoms in total. The van der Waals surface area contributed by atoms with Crippen molar-refractivity contribution in [3.63, 3.8) is 0 Å². The minimum atomic E-state index is 0.235. The molecule has 2 rings (SSSR count). The van der Waals surface area contributed by atoms with E-state index in [-0.39, 0.29) is 6.04 Å². The summed E-state index contributed by atoms with van der Waals surface area (Å²) in [6.45, 7) is 2.02. The van der Waals surface area contributed by atoms with Gasteiger partial charge in [0.25, 0.3) is 0 Å². The van der Waals surface area contributed by atoms with Crippen molar-refractivity contribution in [2.75, 3.05) is 0 Å². The predicted molar refractivity (Wildman–Crippen MR) is 51.4 cm³/mol. The molecule has 1 aliphatic carbocycles. The van der Waals surface area contributed by atoms with Gasteiger partial charge in [-0.2, -0.15) is 0 Å². The van der Waals surface area contributed by atoms with Gasteiger partial charge in [0, 0.05) is 23.8 Å². The van der Waals surface area contributed by atoms with Crippen LogP contribution in [0.1, 0.15) is 36.4 Å². The van der Waals surface area contributed by atoms with Gasteiger partial charge in [-0.3, -0.25) is 0 Å². The molecule has 0 aliphatic heterocycles. The Bertz CT molecular complexity index is 263. The fourth-order valence-corrected chi connectivity index (χ4v) is 2.27. The zero-order chi connectivity index (χ0) is 8.55. The molecule has 1 unspecified atom stereocenters. The van der Waals surface area contributed by atoms with Crippen molar-refractivity contribution in [3.05, 3.63) is 16.1 Å². The summed E-state index contributed by atoms with van der Waals surface area (Å²) in [6.07, 6.45) is 3.60. The fraction of sp³-hybridized carbons (Fsp3) is 0.667. The van der Waals surface area contributed by atoms with E-state index in [0.717, 1.165) is 12.3 Å². The van der Waals surface area contributed by atoms with Gasteiger partial charge in [0.05, 0.1) is 10.7 Å². The zero-order valence-corrected chi connectivity index (χ0v) is 8.10. The first kappa shape index (κ1) is 8.20. The highest BCUT2D eigenvalue weighted by atomic mass is 32.1. The Morgan fingerprint density at radius 3 is 3.08 bits per heavy atom. The second-order valence-electron chi connectivity index (χ2n) is 3.63. The van der Waals surface area contributed by atoms with Crippen molar-refractivity contribution in [3.8, 4) is 0 Å². The van der Waals surface area contributed by atoms with Crippen LogP contribution in [0.25, 0.3) is 0 Å². The number of thiazole rings is 1. The van der Waals surface area contributed by atoms with Crippen LogP contribution in [-0.4, -0.2) is 11.0 Å². The first-order valence-corrected chi connectivity index (χ1v) is 5.33. The Balaban J connectivity index is 2.03. The van der Waals surface area contributed by atoms with Crippen LogP contribution >= 0.6 is 11.3 Å². The molecule has 0 spiro atoms. The molecule has 1 fully saturated rings. The highest BCUT2D eigenvalue weighted by Crippen LogP contribution is 2.41. The summed E-state index contributed by atoms with van der Waals surface area (Å²) in [5.74, 6) is 0.789. The summed E-state index contributed by atoms with van der Waals surface area (Å²) in [5, 5.41) is 3.47. The number of hydrogen-bond donors (Lipinski definition) is 1. The molecule has 2 N–H and O–H groups in total. The van der Waals surface area contributed by atoms with Gasteiger partial charge in [0.15, 0.2) is 0 Å². The van der Waals surface area contributed by atoms with E-state index in [1.807, 2.05) is 6.92 Å². The SMILES string of the molecule is CC(N)Cc1csc(C2CC2)n1. The fourth-order valence-electron chi connectivity index (χ4n) is 1.26. The van der Waals surface area contributed by atoms with Gasteiger partial charge in [0.2, 0.25) is 0 Å². The van der Waals surface area contributed by atoms with Gasteiger partial charge < -0.3 is 5.73 Å². The number of rotatable bonds is 3. The molecule has 0 radical (unpaired) electrons. The molecule has 1 aliphatic rings. The van der Waals surface area contributed by atoms with Crippen molar-refractivity contribution in [1.82, 2.24) is 4.98 Å². The van der Waals surface area contributed by atoms with Crippen molar-refractivity contribution < 1.29 is 0 Å². The Morgan fingerprint density at radius 1 is 1.75 bits per heavy atom. The molecule has 0 amide bonds. The van der Waals surface area contributed by atoms with Gasteiger partial charge in [-0.05, 0) is 19.8 Å². The van der Waals surface area contributed by atoms with Gasteiger partial charge in [-0.25, -0.2) is 4.98 Å². The molecule has 0 aromatic carbocycles. The molecule has 3 heteroatoms. The lowest BCUT2D eigenvalue weighted by Crippen LogP contribution is -2.17. The molecular weight excluding hydrogens is 168 g/mol. The normalized spacial score (nSPS) is 19.5. The largest absolute Gasteiger partial charge is 0.328 e. The molecule has 1 heterocycles. The second-order valence-corrected chi connectivity index (χ2v) is 4.52. The van der Waals surface area contributed by atoms with Crippen LogP contribution in [0.3, 0.4) is 0 Å². The van der Waals surface area contributed by atoms with E-state index in [9.17, 15) is 0 Å². The van der Waals surface area contributed by atoms with E-state index < -0.39 is 0 Å². The maximum Gasteiger partial charge on any atom is 0.0959 e. The summed E-state index contributed by atoms with van der Waals surface area (Å²) in [5.41, 5.74) is 6.87. The van der Waals surface area contributed by atoms with Crippen LogP contribution in [0.4, 0.5) is 0 Å². The van der Waals surface area contributed by atoms with Gasteiger partial charge >= 0.3 is 0 Å². The summed E-state index contributed by atoms with van der Waals surface area (Å²) in [7, 11) is 0. The number of nitrogens with two attached hydrogens (primary N) is 1. The molecule has 0 bridgehead atoms. The molecule has 12 heavy (non-hydrogen) atoms. The van der Waals surface area contributed by atoms with Crippen LogP contribution in [-0.2, 0) is 6.42 Å². The van der Waals surface area contributed by atoms with Crippen molar-refractivity contribution >= 4 is 11.3 Å². The summed E-state index contributed by atoms with van der Waals surface area (Å²) in [4.78, 5) is 4.55. The number of hydrogen-bond acceptors (Lipinski definition) is 3. The van der Waals surface area contributed by atoms with Gasteiger partial charge in [-0.1, -0.05) is 0 Å². The molecule has 1 atom stereocenters. The quantitative estimate of drug-likeness (QED) is 0.775. The standard InChI is InChI=1S/C9H14N2S/c1-6(10)4-8-5-12-9(11-8)7-2-3-7/h5-7H,2-4,10H2,1H3. The molecule has 0 saturated heterocycles. The average Bonchev–Trinajstić information content (AvgIpc) is 2.73. The van der Waals surface area contributed by atoms with Gasteiger partial charge in [0.1, 0.15) is 0 Å². The number of aromatic nitrogens is 1. The van der Waals surface area contributed by atoms with Crippen LogP contribution in [0.15, 0.2) is 5.38 Å². The van der Waals surface area contributed by atoms with Gasteiger partial charge in [-0.15, -0.1) is 11.3 Å². The third-order valence-electron chi connectivity index (χ3n) is 2.03. The average molecular weight is 182 g/mol. The van der Waals surface area contributed by atoms with E-state index >= 15 is 0 Å². The first-order valence-electron chi connectivity index (χ1n) is 4.45. The maximum atomic E-state index is 5.69. The lowest BCUT2D eigenvalue weighted by Gasteiger charge is -1.99. The molecular formula is C9H14N2S. The highest BCUT2D eigenvalue weighted by Gasteiger charge is 2.26. The third-order valence-corrected chi connectivity index (χ3v) is 3.08. The van der Waals surface area contributed by atoms with E-state index in [1.54, 1.807) is 11.3 Å². The van der Waals surface area contributed by atoms with Crippen molar-refractivity contribution in [2.45, 2.75) is 38.1 Å². The summed E-state index contributed by atoms with van der Waals surface area (Å²) >= 11 is 1.80. The zero-order valence-electron chi connectivity index (χ0n) is 7.29. The monoisotopic (exact) mass is 182 g/mol. The van der Waals surface area contributed by atoms with E-state index in [0.29, 0.717) is 0 Å². The van der Waals surface area contributed by atoms with Crippen LogP contribution in [0, 0.1) is 0 Å². The first-order chi connectivity index (χ1) is 5.75. The lowest BCUT2D eigenvalue weighted by atomic mass is 10.2. The molecule has 66 valence electrons. The smallest absolute Gasteiger partial charge is 0.0959 e. The minimum absolute atomic E-state index is 0.235. The molecule has 1 aromatic rings. The van der Waals surface area contributed by atoms with Crippen LogP contribution < -0.4 is 5.73 Å².